The van der Waals surface area contributed by atoms with Crippen molar-refractivity contribution in [1.82, 2.24) is 10.1 Å². The maximum absolute atomic E-state index is 8.14. The van der Waals surface area contributed by atoms with Crippen LogP contribution in [0.5, 0.6) is 0 Å². The molecule has 1 heterocycles. The molecule has 0 saturated heterocycles. The van der Waals surface area contributed by atoms with Crippen LogP contribution in [0.25, 0.3) is 0 Å². The largest absolute Gasteiger partial charge is 0.337 e. The summed E-state index contributed by atoms with van der Waals surface area (Å²) >= 11 is 2.98. The summed E-state index contributed by atoms with van der Waals surface area (Å²) in [6, 6.07) is 1.88. The van der Waals surface area contributed by atoms with Crippen molar-refractivity contribution in [1.29, 1.82) is 5.26 Å². The fourth-order valence-electron chi connectivity index (χ4n) is 0.374. The van der Waals surface area contributed by atoms with E-state index in [0.717, 1.165) is 0 Å². The van der Waals surface area contributed by atoms with Crippen LogP contribution < -0.4 is 0 Å². The van der Waals surface area contributed by atoms with E-state index in [-0.39, 0.29) is 6.42 Å². The highest BCUT2D eigenvalue weighted by atomic mass is 79.9. The minimum atomic E-state index is 0.165. The fourth-order valence-corrected chi connectivity index (χ4v) is 0.644. The second-order valence-corrected chi connectivity index (χ2v) is 2.00. The molecule has 0 spiro atoms. The highest BCUT2D eigenvalue weighted by Gasteiger charge is 1.99. The van der Waals surface area contributed by atoms with Gasteiger partial charge in [0.05, 0.1) is 6.07 Å². The summed E-state index contributed by atoms with van der Waals surface area (Å²) in [5.41, 5.74) is 0. The molecule has 1 rings (SSSR count). The molecule has 1 aromatic rings. The van der Waals surface area contributed by atoms with Crippen molar-refractivity contribution in [2.75, 3.05) is 0 Å². The third-order valence-corrected chi connectivity index (χ3v) is 0.996. The zero-order valence-electron chi connectivity index (χ0n) is 4.33. The minimum Gasteiger partial charge on any atom is -0.337 e. The molecular weight excluding hydrogens is 186 g/mol. The smallest absolute Gasteiger partial charge is 0.241 e. The van der Waals surface area contributed by atoms with E-state index in [1.54, 1.807) is 0 Å². The summed E-state index contributed by atoms with van der Waals surface area (Å²) in [6.07, 6.45) is 0.165. The maximum atomic E-state index is 8.14. The normalized spacial score (nSPS) is 8.89. The van der Waals surface area contributed by atoms with Crippen LogP contribution in [0.3, 0.4) is 0 Å². The van der Waals surface area contributed by atoms with E-state index < -0.39 is 0 Å². The third-order valence-electron chi connectivity index (χ3n) is 0.674. The summed E-state index contributed by atoms with van der Waals surface area (Å²) in [7, 11) is 0. The van der Waals surface area contributed by atoms with Crippen LogP contribution >= 0.6 is 15.9 Å². The lowest BCUT2D eigenvalue weighted by Gasteiger charge is -1.72. The zero-order valence-corrected chi connectivity index (χ0v) is 5.92. The molecular formula is C4H2BrN3O. The highest BCUT2D eigenvalue weighted by molar-refractivity contribution is 9.10. The predicted molar refractivity (Wildman–Crippen MR) is 31.3 cm³/mol. The second kappa shape index (κ2) is 2.60. The van der Waals surface area contributed by atoms with Crippen LogP contribution in [-0.2, 0) is 6.42 Å². The number of hydrogen-bond donors (Lipinski definition) is 0. The van der Waals surface area contributed by atoms with E-state index in [1.807, 2.05) is 6.07 Å². The van der Waals surface area contributed by atoms with Crippen molar-refractivity contribution in [3.05, 3.63) is 10.6 Å². The molecule has 0 radical (unpaired) electrons. The van der Waals surface area contributed by atoms with E-state index in [9.17, 15) is 0 Å². The molecule has 46 valence electrons. The Morgan fingerprint density at radius 1 is 1.78 bits per heavy atom. The quantitative estimate of drug-likeness (QED) is 0.656. The van der Waals surface area contributed by atoms with Gasteiger partial charge in [-0.2, -0.15) is 10.2 Å². The summed E-state index contributed by atoms with van der Waals surface area (Å²) in [4.78, 5) is 3.72. The van der Waals surface area contributed by atoms with Crippen molar-refractivity contribution in [3.8, 4) is 6.07 Å². The van der Waals surface area contributed by atoms with Gasteiger partial charge in [-0.25, -0.2) is 0 Å². The highest BCUT2D eigenvalue weighted by Crippen LogP contribution is 2.03. The topological polar surface area (TPSA) is 62.7 Å². The molecule has 0 aliphatic heterocycles. The molecule has 1 aromatic heterocycles. The van der Waals surface area contributed by atoms with Crippen LogP contribution in [-0.4, -0.2) is 10.1 Å². The van der Waals surface area contributed by atoms with E-state index in [2.05, 4.69) is 30.6 Å². The Balaban J connectivity index is 2.76. The third kappa shape index (κ3) is 1.50. The number of hydrogen-bond acceptors (Lipinski definition) is 4. The molecule has 0 aliphatic carbocycles. The van der Waals surface area contributed by atoms with Crippen molar-refractivity contribution in [2.45, 2.75) is 6.42 Å². The lowest BCUT2D eigenvalue weighted by molar-refractivity contribution is 0.383. The molecule has 0 N–H and O–H groups in total. The van der Waals surface area contributed by atoms with Gasteiger partial charge in [0.25, 0.3) is 0 Å². The first-order chi connectivity index (χ1) is 4.33. The number of halogens is 1. The van der Waals surface area contributed by atoms with Gasteiger partial charge in [-0.15, -0.1) is 0 Å². The summed E-state index contributed by atoms with van der Waals surface area (Å²) in [5.74, 6) is 0.337. The number of nitrogens with zero attached hydrogens (tertiary/aromatic N) is 3. The van der Waals surface area contributed by atoms with Crippen LogP contribution in [0.2, 0.25) is 0 Å². The molecule has 9 heavy (non-hydrogen) atoms. The standard InChI is InChI=1S/C4H2BrN3O/c5-4-7-3(1-2-6)9-8-4/h1H2. The Morgan fingerprint density at radius 3 is 3.00 bits per heavy atom. The van der Waals surface area contributed by atoms with Crippen molar-refractivity contribution in [2.24, 2.45) is 0 Å². The molecule has 0 fully saturated rings. The van der Waals surface area contributed by atoms with Crippen LogP contribution in [0, 0.1) is 11.3 Å². The second-order valence-electron chi connectivity index (χ2n) is 1.29. The van der Waals surface area contributed by atoms with Gasteiger partial charge in [-0.1, -0.05) is 0 Å². The zero-order chi connectivity index (χ0) is 6.69. The van der Waals surface area contributed by atoms with Crippen molar-refractivity contribution in [3.63, 3.8) is 0 Å². The Kier molecular flexibility index (Phi) is 1.80. The van der Waals surface area contributed by atoms with Crippen LogP contribution in [0.4, 0.5) is 0 Å². The van der Waals surface area contributed by atoms with E-state index >= 15 is 0 Å². The molecule has 0 aromatic carbocycles. The van der Waals surface area contributed by atoms with E-state index in [0.29, 0.717) is 10.6 Å². The van der Waals surface area contributed by atoms with Crippen molar-refractivity contribution >= 4 is 15.9 Å². The molecule has 0 amide bonds. The summed E-state index contributed by atoms with van der Waals surface area (Å²) in [5, 5.41) is 11.6. The Morgan fingerprint density at radius 2 is 2.56 bits per heavy atom. The summed E-state index contributed by atoms with van der Waals surface area (Å²) in [6.45, 7) is 0. The molecule has 0 unspecified atom stereocenters. The minimum absolute atomic E-state index is 0.165. The van der Waals surface area contributed by atoms with Crippen LogP contribution in [0.1, 0.15) is 5.89 Å². The molecule has 0 aliphatic rings. The lowest BCUT2D eigenvalue weighted by Crippen LogP contribution is -1.77. The van der Waals surface area contributed by atoms with Gasteiger partial charge in [0.2, 0.25) is 10.6 Å². The van der Waals surface area contributed by atoms with Gasteiger partial charge in [-0.05, 0) is 21.1 Å². The Hall–Kier alpha value is -0.890. The molecule has 4 nitrogen and oxygen atoms in total. The van der Waals surface area contributed by atoms with Gasteiger partial charge in [0, 0.05) is 0 Å². The first kappa shape index (κ1) is 6.23. The fraction of sp³-hybridized carbons (Fsp3) is 0.250. The van der Waals surface area contributed by atoms with Gasteiger partial charge in [0.15, 0.2) is 0 Å². The lowest BCUT2D eigenvalue weighted by atomic mass is 10.5. The first-order valence-corrected chi connectivity index (χ1v) is 2.97. The van der Waals surface area contributed by atoms with Gasteiger partial charge >= 0.3 is 0 Å². The number of aromatic nitrogens is 2. The Labute approximate surface area is 59.6 Å². The molecule has 5 heteroatoms. The van der Waals surface area contributed by atoms with Gasteiger partial charge < -0.3 is 4.52 Å². The maximum Gasteiger partial charge on any atom is 0.241 e. The van der Waals surface area contributed by atoms with E-state index in [1.165, 1.54) is 0 Å². The Bertz CT molecular complexity index is 238. The molecule has 0 saturated carbocycles. The average Bonchev–Trinajstić information content (AvgIpc) is 2.17. The van der Waals surface area contributed by atoms with Crippen molar-refractivity contribution < 1.29 is 4.52 Å². The number of nitriles is 1. The average molecular weight is 188 g/mol. The first-order valence-electron chi connectivity index (χ1n) is 2.18. The summed E-state index contributed by atoms with van der Waals surface area (Å²) < 4.78 is 4.96. The monoisotopic (exact) mass is 187 g/mol. The van der Waals surface area contributed by atoms with Gasteiger partial charge in [-0.3, -0.25) is 0 Å². The van der Waals surface area contributed by atoms with Gasteiger partial charge in [0.1, 0.15) is 6.42 Å². The van der Waals surface area contributed by atoms with E-state index in [4.69, 9.17) is 5.26 Å². The molecule has 0 atom stereocenters. The van der Waals surface area contributed by atoms with Crippen LogP contribution in [0.15, 0.2) is 9.26 Å². The predicted octanol–water partition coefficient (Wildman–Crippen LogP) is 0.898. The number of rotatable bonds is 1. The SMILES string of the molecule is N#CCc1nc(Br)no1. The molecule has 0 bridgehead atoms.